The van der Waals surface area contributed by atoms with Crippen molar-refractivity contribution in [3.8, 4) is 15.5 Å². The van der Waals surface area contributed by atoms with Crippen LogP contribution >= 0.6 is 11.3 Å². The summed E-state index contributed by atoms with van der Waals surface area (Å²) in [7, 11) is 0. The Balaban J connectivity index is 2.04. The van der Waals surface area contributed by atoms with Crippen LogP contribution in [0, 0.1) is 0 Å². The number of halogens is 3. The number of benzene rings is 2. The number of ether oxygens (including phenoxy) is 1. The fourth-order valence-electron chi connectivity index (χ4n) is 2.99. The minimum Gasteiger partial charge on any atom is -0.449 e. The van der Waals surface area contributed by atoms with Gasteiger partial charge in [0.05, 0.1) is 11.3 Å². The number of rotatable bonds is 5. The molecule has 0 unspecified atom stereocenters. The fraction of sp³-hybridized carbons (Fsp3) is 0.182. The zero-order valence-corrected chi connectivity index (χ0v) is 17.3. The van der Waals surface area contributed by atoms with E-state index < -0.39 is 29.8 Å². The van der Waals surface area contributed by atoms with Gasteiger partial charge in [0.15, 0.2) is 0 Å². The zero-order chi connectivity index (χ0) is 22.8. The van der Waals surface area contributed by atoms with Gasteiger partial charge in [0.25, 0.3) is 5.91 Å². The number of hydrogen-bond acceptors (Lipinski definition) is 4. The molecule has 162 valence electrons. The van der Waals surface area contributed by atoms with E-state index in [-0.39, 0.29) is 16.3 Å². The molecule has 5 nitrogen and oxygen atoms in total. The first-order chi connectivity index (χ1) is 14.6. The van der Waals surface area contributed by atoms with Crippen LogP contribution in [-0.4, -0.2) is 23.2 Å². The Labute approximate surface area is 180 Å². The summed E-state index contributed by atoms with van der Waals surface area (Å²) < 4.78 is 43.5. The van der Waals surface area contributed by atoms with Gasteiger partial charge >= 0.3 is 12.3 Å². The molecule has 0 spiro atoms. The highest BCUT2D eigenvalue weighted by molar-refractivity contribution is 7.18. The summed E-state index contributed by atoms with van der Waals surface area (Å²) in [6.45, 7) is 3.43. The Hall–Kier alpha value is -3.33. The summed E-state index contributed by atoms with van der Waals surface area (Å²) in [6.07, 6.45) is -6.05. The SMILES string of the molecule is CC(C)N(C(=O)c1ccc(C(F)(F)F)cc1)c1cc(-c2ccccc2)sc1OC(=O)O. The third-order valence-corrected chi connectivity index (χ3v) is 5.42. The van der Waals surface area contributed by atoms with Crippen molar-refractivity contribution >= 4 is 29.1 Å². The predicted octanol–water partition coefficient (Wildman–Crippen LogP) is 6.55. The Kier molecular flexibility index (Phi) is 6.35. The maximum atomic E-state index is 13.2. The molecular formula is C22H18F3NO4S. The number of amides is 1. The summed E-state index contributed by atoms with van der Waals surface area (Å²) in [6, 6.07) is 14.2. The second-order valence-corrected chi connectivity index (χ2v) is 7.88. The Morgan fingerprint density at radius 3 is 2.16 bits per heavy atom. The van der Waals surface area contributed by atoms with E-state index in [4.69, 9.17) is 9.84 Å². The Morgan fingerprint density at radius 2 is 1.65 bits per heavy atom. The maximum absolute atomic E-state index is 13.2. The highest BCUT2D eigenvalue weighted by atomic mass is 32.1. The quantitative estimate of drug-likeness (QED) is 0.449. The summed E-state index contributed by atoms with van der Waals surface area (Å²) in [5.41, 5.74) is 0.207. The van der Waals surface area contributed by atoms with Crippen LogP contribution in [0.2, 0.25) is 0 Å². The van der Waals surface area contributed by atoms with Crippen LogP contribution in [0.5, 0.6) is 5.06 Å². The summed E-state index contributed by atoms with van der Waals surface area (Å²) in [5, 5.41) is 9.13. The van der Waals surface area contributed by atoms with Crippen molar-refractivity contribution in [2.45, 2.75) is 26.1 Å². The first-order valence-corrected chi connectivity index (χ1v) is 10.0. The molecule has 9 heteroatoms. The van der Waals surface area contributed by atoms with E-state index in [9.17, 15) is 22.8 Å². The minimum absolute atomic E-state index is 0.000291. The molecule has 3 aromatic rings. The van der Waals surface area contributed by atoms with E-state index in [1.165, 1.54) is 4.90 Å². The van der Waals surface area contributed by atoms with Gasteiger partial charge in [-0.15, -0.1) is 0 Å². The Morgan fingerprint density at radius 1 is 1.03 bits per heavy atom. The summed E-state index contributed by atoms with van der Waals surface area (Å²) >= 11 is 1.06. The van der Waals surface area contributed by atoms with E-state index in [2.05, 4.69) is 0 Å². The number of alkyl halides is 3. The molecule has 1 heterocycles. The number of carboxylic acid groups (broad SMARTS) is 1. The molecule has 0 saturated heterocycles. The molecule has 1 N–H and O–H groups in total. The van der Waals surface area contributed by atoms with Gasteiger partial charge in [-0.05, 0) is 49.7 Å². The van der Waals surface area contributed by atoms with E-state index in [0.29, 0.717) is 4.88 Å². The van der Waals surface area contributed by atoms with Gasteiger partial charge in [0.2, 0.25) is 5.06 Å². The van der Waals surface area contributed by atoms with Crippen LogP contribution in [0.4, 0.5) is 23.7 Å². The number of nitrogens with zero attached hydrogens (tertiary/aromatic N) is 1. The second-order valence-electron chi connectivity index (χ2n) is 6.86. The lowest BCUT2D eigenvalue weighted by atomic mass is 10.1. The minimum atomic E-state index is -4.51. The van der Waals surface area contributed by atoms with Gasteiger partial charge in [-0.1, -0.05) is 41.7 Å². The molecule has 0 aliphatic heterocycles. The summed E-state index contributed by atoms with van der Waals surface area (Å²) in [4.78, 5) is 26.4. The van der Waals surface area contributed by atoms with E-state index in [1.807, 2.05) is 30.3 Å². The highest BCUT2D eigenvalue weighted by Crippen LogP contribution is 2.44. The topological polar surface area (TPSA) is 66.8 Å². The van der Waals surface area contributed by atoms with E-state index in [0.717, 1.165) is 41.2 Å². The van der Waals surface area contributed by atoms with Crippen molar-refractivity contribution in [2.24, 2.45) is 0 Å². The average Bonchev–Trinajstić information content (AvgIpc) is 3.10. The van der Waals surface area contributed by atoms with E-state index >= 15 is 0 Å². The lowest BCUT2D eigenvalue weighted by Crippen LogP contribution is -2.37. The number of carbonyl (C=O) groups excluding carboxylic acids is 1. The van der Waals surface area contributed by atoms with Crippen molar-refractivity contribution in [1.29, 1.82) is 0 Å². The summed E-state index contributed by atoms with van der Waals surface area (Å²) in [5.74, 6) is -0.573. The van der Waals surface area contributed by atoms with Gasteiger partial charge in [-0.3, -0.25) is 4.79 Å². The highest BCUT2D eigenvalue weighted by Gasteiger charge is 2.31. The molecule has 0 bridgehead atoms. The molecule has 3 rings (SSSR count). The smallest absolute Gasteiger partial charge is 0.449 e. The molecule has 0 fully saturated rings. The van der Waals surface area contributed by atoms with Crippen LogP contribution < -0.4 is 9.64 Å². The average molecular weight is 449 g/mol. The molecule has 0 atom stereocenters. The molecule has 1 aromatic heterocycles. The van der Waals surface area contributed by atoms with Gasteiger partial charge in [0, 0.05) is 16.5 Å². The molecule has 2 aromatic carbocycles. The molecule has 0 aliphatic carbocycles. The zero-order valence-electron chi connectivity index (χ0n) is 16.5. The van der Waals surface area contributed by atoms with Crippen molar-refractivity contribution in [2.75, 3.05) is 4.90 Å². The monoisotopic (exact) mass is 449 g/mol. The fourth-order valence-corrected chi connectivity index (χ4v) is 3.99. The number of carbonyl (C=O) groups is 2. The molecule has 0 aliphatic rings. The molecule has 0 radical (unpaired) electrons. The number of anilines is 1. The largest absolute Gasteiger partial charge is 0.512 e. The first-order valence-electron chi connectivity index (χ1n) is 9.18. The standard InChI is InChI=1S/C22H18F3NO4S/c1-13(2)26(19(27)15-8-10-16(11-9-15)22(23,24)25)17-12-18(14-6-4-3-5-7-14)31-20(17)30-21(28)29/h3-13H,1-2H3,(H,28,29). The van der Waals surface area contributed by atoms with E-state index in [1.54, 1.807) is 19.9 Å². The molecular weight excluding hydrogens is 431 g/mol. The van der Waals surface area contributed by atoms with Crippen LogP contribution in [-0.2, 0) is 6.18 Å². The van der Waals surface area contributed by atoms with Crippen molar-refractivity contribution in [3.05, 3.63) is 71.8 Å². The third-order valence-electron chi connectivity index (χ3n) is 4.37. The van der Waals surface area contributed by atoms with Gasteiger partial charge in [-0.2, -0.15) is 13.2 Å². The van der Waals surface area contributed by atoms with Crippen molar-refractivity contribution in [1.82, 2.24) is 0 Å². The predicted molar refractivity (Wildman–Crippen MR) is 112 cm³/mol. The van der Waals surface area contributed by atoms with Gasteiger partial charge < -0.3 is 14.7 Å². The second kappa shape index (κ2) is 8.81. The van der Waals surface area contributed by atoms with Crippen molar-refractivity contribution < 1.29 is 32.6 Å². The van der Waals surface area contributed by atoms with Crippen molar-refractivity contribution in [3.63, 3.8) is 0 Å². The lowest BCUT2D eigenvalue weighted by molar-refractivity contribution is -0.137. The van der Waals surface area contributed by atoms with Crippen LogP contribution in [0.25, 0.3) is 10.4 Å². The number of thiophene rings is 1. The maximum Gasteiger partial charge on any atom is 0.512 e. The molecule has 1 amide bonds. The Bertz CT molecular complexity index is 1080. The third kappa shape index (κ3) is 5.05. The molecule has 31 heavy (non-hydrogen) atoms. The molecule has 0 saturated carbocycles. The lowest BCUT2D eigenvalue weighted by Gasteiger charge is -2.26. The first kappa shape index (κ1) is 22.4. The van der Waals surface area contributed by atoms with Gasteiger partial charge in [0.1, 0.15) is 0 Å². The normalized spacial score (nSPS) is 11.4. The number of hydrogen-bond donors (Lipinski definition) is 1. The van der Waals surface area contributed by atoms with Crippen LogP contribution in [0.15, 0.2) is 60.7 Å². The van der Waals surface area contributed by atoms with Gasteiger partial charge in [-0.25, -0.2) is 4.79 Å². The van der Waals surface area contributed by atoms with Crippen LogP contribution in [0.1, 0.15) is 29.8 Å². The van der Waals surface area contributed by atoms with Crippen LogP contribution in [0.3, 0.4) is 0 Å².